The molecule has 6 heteroatoms. The number of aryl methyl sites for hydroxylation is 1. The molecular formula is C13H13FN2O2S. The van der Waals surface area contributed by atoms with E-state index in [1.165, 1.54) is 17.4 Å². The Hall–Kier alpha value is -1.79. The summed E-state index contributed by atoms with van der Waals surface area (Å²) in [7, 11) is 0. The first-order valence-electron chi connectivity index (χ1n) is 5.70. The fourth-order valence-corrected chi connectivity index (χ4v) is 2.62. The number of benzene rings is 1. The molecule has 0 fully saturated rings. The van der Waals surface area contributed by atoms with Crippen LogP contribution in [0.5, 0.6) is 0 Å². The van der Waals surface area contributed by atoms with Crippen LogP contribution in [0.25, 0.3) is 0 Å². The lowest BCUT2D eigenvalue weighted by Gasteiger charge is -2.00. The van der Waals surface area contributed by atoms with Crippen molar-refractivity contribution in [3.05, 3.63) is 46.2 Å². The molecule has 4 nitrogen and oxygen atoms in total. The number of thiazole rings is 1. The maximum absolute atomic E-state index is 13.6. The second-order valence-corrected chi connectivity index (χ2v) is 5.09. The van der Waals surface area contributed by atoms with Crippen LogP contribution in [0, 0.1) is 12.7 Å². The molecule has 2 rings (SSSR count). The summed E-state index contributed by atoms with van der Waals surface area (Å²) in [5.74, 6) is -0.762. The molecule has 0 aliphatic heterocycles. The molecule has 0 aliphatic carbocycles. The van der Waals surface area contributed by atoms with Gasteiger partial charge in [0.2, 0.25) is 0 Å². The van der Waals surface area contributed by atoms with Crippen molar-refractivity contribution in [1.29, 1.82) is 0 Å². The molecule has 1 aromatic heterocycles. The van der Waals surface area contributed by atoms with Crippen molar-refractivity contribution < 1.29 is 14.3 Å². The Labute approximate surface area is 113 Å². The topological polar surface area (TPSA) is 62.2 Å². The van der Waals surface area contributed by atoms with Crippen LogP contribution in [0.15, 0.2) is 24.3 Å². The lowest BCUT2D eigenvalue weighted by atomic mass is 10.1. The summed E-state index contributed by atoms with van der Waals surface area (Å²) < 4.78 is 13.6. The number of aromatic nitrogens is 1. The second kappa shape index (κ2) is 5.90. The molecule has 0 spiro atoms. The first kappa shape index (κ1) is 13.6. The van der Waals surface area contributed by atoms with Gasteiger partial charge >= 0.3 is 0 Å². The predicted molar refractivity (Wildman–Crippen MR) is 71.8 cm³/mol. The van der Waals surface area contributed by atoms with Gasteiger partial charge in [0.1, 0.15) is 12.4 Å². The molecule has 100 valence electrons. The number of halogens is 1. The SMILES string of the molecule is Cc1nc(NC(=O)CO)sc1Cc1ccccc1F. The Bertz CT molecular complexity index is 598. The van der Waals surface area contributed by atoms with E-state index in [2.05, 4.69) is 10.3 Å². The molecule has 0 unspecified atom stereocenters. The minimum atomic E-state index is -0.582. The molecule has 1 amide bonds. The van der Waals surface area contributed by atoms with Crippen LogP contribution < -0.4 is 5.32 Å². The van der Waals surface area contributed by atoms with E-state index in [0.29, 0.717) is 17.1 Å². The number of aliphatic hydroxyl groups excluding tert-OH is 1. The Morgan fingerprint density at radius 1 is 1.47 bits per heavy atom. The Kier molecular flexibility index (Phi) is 4.24. The first-order valence-corrected chi connectivity index (χ1v) is 6.52. The van der Waals surface area contributed by atoms with E-state index in [-0.39, 0.29) is 5.82 Å². The second-order valence-electron chi connectivity index (χ2n) is 4.00. The third-order valence-electron chi connectivity index (χ3n) is 2.59. The monoisotopic (exact) mass is 280 g/mol. The van der Waals surface area contributed by atoms with Gasteiger partial charge in [-0.2, -0.15) is 0 Å². The van der Waals surface area contributed by atoms with Crippen molar-refractivity contribution in [2.45, 2.75) is 13.3 Å². The maximum atomic E-state index is 13.6. The number of anilines is 1. The highest BCUT2D eigenvalue weighted by atomic mass is 32.1. The van der Waals surface area contributed by atoms with E-state index in [1.807, 2.05) is 0 Å². The lowest BCUT2D eigenvalue weighted by Crippen LogP contribution is -2.15. The highest BCUT2D eigenvalue weighted by Crippen LogP contribution is 2.25. The fourth-order valence-electron chi connectivity index (χ4n) is 1.62. The minimum Gasteiger partial charge on any atom is -0.387 e. The molecule has 0 bridgehead atoms. The quantitative estimate of drug-likeness (QED) is 0.901. The summed E-state index contributed by atoms with van der Waals surface area (Å²) in [6, 6.07) is 6.56. The van der Waals surface area contributed by atoms with Crippen LogP contribution in [-0.2, 0) is 11.2 Å². The van der Waals surface area contributed by atoms with Crippen molar-refractivity contribution in [2.75, 3.05) is 11.9 Å². The smallest absolute Gasteiger partial charge is 0.251 e. The van der Waals surface area contributed by atoms with Crippen LogP contribution in [0.1, 0.15) is 16.1 Å². The third kappa shape index (κ3) is 3.36. The lowest BCUT2D eigenvalue weighted by molar-refractivity contribution is -0.118. The summed E-state index contributed by atoms with van der Waals surface area (Å²) in [6.45, 7) is 1.22. The summed E-state index contributed by atoms with van der Waals surface area (Å²) >= 11 is 1.29. The van der Waals surface area contributed by atoms with Gasteiger partial charge in [0.25, 0.3) is 5.91 Å². The van der Waals surface area contributed by atoms with Gasteiger partial charge in [-0.3, -0.25) is 10.1 Å². The molecule has 0 radical (unpaired) electrons. The van der Waals surface area contributed by atoms with Gasteiger partial charge in [0.05, 0.1) is 5.69 Å². The van der Waals surface area contributed by atoms with Gasteiger partial charge in [-0.1, -0.05) is 18.2 Å². The van der Waals surface area contributed by atoms with Crippen molar-refractivity contribution in [3.63, 3.8) is 0 Å². The van der Waals surface area contributed by atoms with Crippen LogP contribution >= 0.6 is 11.3 Å². The molecule has 2 N–H and O–H groups in total. The molecular weight excluding hydrogens is 267 g/mol. The molecule has 19 heavy (non-hydrogen) atoms. The van der Waals surface area contributed by atoms with E-state index in [4.69, 9.17) is 5.11 Å². The van der Waals surface area contributed by atoms with Gasteiger partial charge in [-0.05, 0) is 18.6 Å². The number of aliphatic hydroxyl groups is 1. The summed E-state index contributed by atoms with van der Waals surface area (Å²) in [4.78, 5) is 16.1. The predicted octanol–water partition coefficient (Wildman–Crippen LogP) is 2.11. The van der Waals surface area contributed by atoms with E-state index in [0.717, 1.165) is 10.6 Å². The Morgan fingerprint density at radius 3 is 2.89 bits per heavy atom. The third-order valence-corrected chi connectivity index (χ3v) is 3.66. The minimum absolute atomic E-state index is 0.253. The average molecular weight is 280 g/mol. The van der Waals surface area contributed by atoms with E-state index < -0.39 is 12.5 Å². The Balaban J connectivity index is 2.17. The molecule has 0 saturated heterocycles. The molecule has 2 aromatic rings. The van der Waals surface area contributed by atoms with Gasteiger partial charge in [0, 0.05) is 11.3 Å². The zero-order chi connectivity index (χ0) is 13.8. The van der Waals surface area contributed by atoms with Crippen molar-refractivity contribution in [2.24, 2.45) is 0 Å². The Morgan fingerprint density at radius 2 is 2.21 bits per heavy atom. The molecule has 0 atom stereocenters. The fraction of sp³-hybridized carbons (Fsp3) is 0.231. The summed E-state index contributed by atoms with van der Waals surface area (Å²) in [5.41, 5.74) is 1.34. The number of nitrogens with zero attached hydrogens (tertiary/aromatic N) is 1. The highest BCUT2D eigenvalue weighted by molar-refractivity contribution is 7.15. The molecule has 1 heterocycles. The van der Waals surface area contributed by atoms with Crippen molar-refractivity contribution in [3.8, 4) is 0 Å². The number of rotatable bonds is 4. The number of hydrogen-bond donors (Lipinski definition) is 2. The highest BCUT2D eigenvalue weighted by Gasteiger charge is 2.12. The van der Waals surface area contributed by atoms with Gasteiger partial charge < -0.3 is 5.11 Å². The van der Waals surface area contributed by atoms with E-state index >= 15 is 0 Å². The normalized spacial score (nSPS) is 10.5. The number of amides is 1. The number of carbonyl (C=O) groups excluding carboxylic acids is 1. The molecule has 1 aromatic carbocycles. The van der Waals surface area contributed by atoms with Crippen LogP contribution in [-0.4, -0.2) is 22.6 Å². The van der Waals surface area contributed by atoms with Crippen molar-refractivity contribution in [1.82, 2.24) is 4.98 Å². The summed E-state index contributed by atoms with van der Waals surface area (Å²) in [6.07, 6.45) is 0.436. The van der Waals surface area contributed by atoms with Crippen LogP contribution in [0.2, 0.25) is 0 Å². The zero-order valence-corrected chi connectivity index (χ0v) is 11.1. The molecule has 0 saturated carbocycles. The number of hydrogen-bond acceptors (Lipinski definition) is 4. The number of carbonyl (C=O) groups is 1. The maximum Gasteiger partial charge on any atom is 0.251 e. The van der Waals surface area contributed by atoms with E-state index in [1.54, 1.807) is 25.1 Å². The molecule has 0 aliphatic rings. The van der Waals surface area contributed by atoms with Gasteiger partial charge in [-0.25, -0.2) is 9.37 Å². The van der Waals surface area contributed by atoms with E-state index in [9.17, 15) is 9.18 Å². The van der Waals surface area contributed by atoms with Crippen LogP contribution in [0.3, 0.4) is 0 Å². The average Bonchev–Trinajstić information content (AvgIpc) is 2.72. The largest absolute Gasteiger partial charge is 0.387 e. The standard InChI is InChI=1S/C13H13FN2O2S/c1-8-11(6-9-4-2-3-5-10(9)14)19-13(15-8)16-12(18)7-17/h2-5,17H,6-7H2,1H3,(H,15,16,18). The van der Waals surface area contributed by atoms with Gasteiger partial charge in [0.15, 0.2) is 5.13 Å². The summed E-state index contributed by atoms with van der Waals surface area (Å²) in [5, 5.41) is 11.6. The first-order chi connectivity index (χ1) is 9.10. The number of nitrogens with one attached hydrogen (secondary N) is 1. The van der Waals surface area contributed by atoms with Crippen molar-refractivity contribution >= 4 is 22.4 Å². The van der Waals surface area contributed by atoms with Gasteiger partial charge in [-0.15, -0.1) is 11.3 Å². The zero-order valence-electron chi connectivity index (χ0n) is 10.3. The van der Waals surface area contributed by atoms with Crippen LogP contribution in [0.4, 0.5) is 9.52 Å².